The SMILES string of the molecule is CSC1CCC(NCCCCO)CC1. The quantitative estimate of drug-likeness (QED) is 0.668. The summed E-state index contributed by atoms with van der Waals surface area (Å²) in [6.45, 7) is 1.41. The zero-order valence-electron chi connectivity index (χ0n) is 9.17. The van der Waals surface area contributed by atoms with Crippen molar-refractivity contribution in [2.24, 2.45) is 0 Å². The smallest absolute Gasteiger partial charge is 0.0431 e. The van der Waals surface area contributed by atoms with Gasteiger partial charge in [-0.25, -0.2) is 0 Å². The molecule has 1 fully saturated rings. The highest BCUT2D eigenvalue weighted by molar-refractivity contribution is 7.99. The normalized spacial score (nSPS) is 27.9. The van der Waals surface area contributed by atoms with Crippen LogP contribution in [0.15, 0.2) is 0 Å². The summed E-state index contributed by atoms with van der Waals surface area (Å²) in [5.41, 5.74) is 0. The molecule has 0 aromatic rings. The third-order valence-corrected chi connectivity index (χ3v) is 4.16. The summed E-state index contributed by atoms with van der Waals surface area (Å²) in [6.07, 6.45) is 9.69. The van der Waals surface area contributed by atoms with Gasteiger partial charge < -0.3 is 10.4 Å². The topological polar surface area (TPSA) is 32.3 Å². The summed E-state index contributed by atoms with van der Waals surface area (Å²) in [4.78, 5) is 0. The predicted molar refractivity (Wildman–Crippen MR) is 63.9 cm³/mol. The average Bonchev–Trinajstić information content (AvgIpc) is 2.25. The Balaban J connectivity index is 1.98. The minimum atomic E-state index is 0.334. The highest BCUT2D eigenvalue weighted by atomic mass is 32.2. The van der Waals surface area contributed by atoms with Gasteiger partial charge in [0.2, 0.25) is 0 Å². The molecule has 0 aromatic heterocycles. The second kappa shape index (κ2) is 7.55. The third-order valence-electron chi connectivity index (χ3n) is 3.03. The summed E-state index contributed by atoms with van der Waals surface area (Å²) in [7, 11) is 0. The van der Waals surface area contributed by atoms with E-state index in [2.05, 4.69) is 11.6 Å². The molecule has 1 aliphatic carbocycles. The minimum Gasteiger partial charge on any atom is -0.396 e. The number of aliphatic hydroxyl groups excluding tert-OH is 1. The molecule has 0 atom stereocenters. The Morgan fingerprint density at radius 3 is 2.50 bits per heavy atom. The molecule has 0 unspecified atom stereocenters. The Bertz CT molecular complexity index is 135. The molecule has 0 radical (unpaired) electrons. The molecule has 84 valence electrons. The largest absolute Gasteiger partial charge is 0.396 e. The Labute approximate surface area is 91.9 Å². The summed E-state index contributed by atoms with van der Waals surface area (Å²) in [6, 6.07) is 0.747. The lowest BCUT2D eigenvalue weighted by atomic mass is 9.95. The van der Waals surface area contributed by atoms with E-state index in [9.17, 15) is 0 Å². The van der Waals surface area contributed by atoms with Gasteiger partial charge in [-0.2, -0.15) is 11.8 Å². The minimum absolute atomic E-state index is 0.334. The van der Waals surface area contributed by atoms with Crippen LogP contribution in [0.3, 0.4) is 0 Å². The molecule has 0 amide bonds. The molecule has 14 heavy (non-hydrogen) atoms. The maximum absolute atomic E-state index is 8.64. The molecule has 0 aliphatic heterocycles. The molecule has 0 aromatic carbocycles. The van der Waals surface area contributed by atoms with Crippen molar-refractivity contribution in [1.82, 2.24) is 5.32 Å². The molecule has 0 spiro atoms. The summed E-state index contributed by atoms with van der Waals surface area (Å²) in [5.74, 6) is 0. The number of hydrogen-bond acceptors (Lipinski definition) is 3. The second-order valence-corrected chi connectivity index (χ2v) is 5.23. The zero-order valence-corrected chi connectivity index (χ0v) is 9.98. The third kappa shape index (κ3) is 4.67. The van der Waals surface area contributed by atoms with Crippen LogP contribution in [-0.4, -0.2) is 35.8 Å². The number of nitrogens with one attached hydrogen (secondary N) is 1. The van der Waals surface area contributed by atoms with Crippen LogP contribution in [0.4, 0.5) is 0 Å². The summed E-state index contributed by atoms with van der Waals surface area (Å²) < 4.78 is 0. The lowest BCUT2D eigenvalue weighted by molar-refractivity contribution is 0.280. The predicted octanol–water partition coefficient (Wildman–Crippen LogP) is 2.02. The lowest BCUT2D eigenvalue weighted by Crippen LogP contribution is -2.34. The fraction of sp³-hybridized carbons (Fsp3) is 1.00. The first kappa shape index (κ1) is 12.3. The van der Waals surface area contributed by atoms with Gasteiger partial charge in [-0.05, 0) is 51.3 Å². The Kier molecular flexibility index (Phi) is 6.65. The van der Waals surface area contributed by atoms with Gasteiger partial charge in [0.25, 0.3) is 0 Å². The number of unbranched alkanes of at least 4 members (excludes halogenated alkanes) is 1. The van der Waals surface area contributed by atoms with E-state index in [1.165, 1.54) is 25.7 Å². The van der Waals surface area contributed by atoms with E-state index < -0.39 is 0 Å². The number of thioether (sulfide) groups is 1. The van der Waals surface area contributed by atoms with Crippen molar-refractivity contribution in [2.45, 2.75) is 49.8 Å². The van der Waals surface area contributed by atoms with Crippen LogP contribution < -0.4 is 5.32 Å². The van der Waals surface area contributed by atoms with E-state index in [0.29, 0.717) is 6.61 Å². The first-order valence-electron chi connectivity index (χ1n) is 5.74. The molecule has 0 bridgehead atoms. The van der Waals surface area contributed by atoms with Gasteiger partial charge in [0.05, 0.1) is 0 Å². The Morgan fingerprint density at radius 1 is 1.21 bits per heavy atom. The van der Waals surface area contributed by atoms with Crippen LogP contribution in [0.1, 0.15) is 38.5 Å². The van der Waals surface area contributed by atoms with Gasteiger partial charge in [-0.3, -0.25) is 0 Å². The summed E-state index contributed by atoms with van der Waals surface area (Å²) >= 11 is 2.02. The molecular weight excluding hydrogens is 194 g/mol. The number of hydrogen-bond donors (Lipinski definition) is 2. The molecule has 1 rings (SSSR count). The van der Waals surface area contributed by atoms with Gasteiger partial charge in [0.15, 0.2) is 0 Å². The average molecular weight is 217 g/mol. The van der Waals surface area contributed by atoms with E-state index in [-0.39, 0.29) is 0 Å². The first-order chi connectivity index (χ1) is 6.86. The van der Waals surface area contributed by atoms with Crippen molar-refractivity contribution in [3.63, 3.8) is 0 Å². The first-order valence-corrected chi connectivity index (χ1v) is 7.02. The van der Waals surface area contributed by atoms with Crippen molar-refractivity contribution in [2.75, 3.05) is 19.4 Å². The van der Waals surface area contributed by atoms with Crippen molar-refractivity contribution in [1.29, 1.82) is 0 Å². The van der Waals surface area contributed by atoms with E-state index in [1.807, 2.05) is 11.8 Å². The Hall–Kier alpha value is 0.270. The van der Waals surface area contributed by atoms with Crippen LogP contribution in [0.2, 0.25) is 0 Å². The van der Waals surface area contributed by atoms with Gasteiger partial charge in [-0.1, -0.05) is 0 Å². The standard InChI is InChI=1S/C11H23NOS/c1-14-11-6-4-10(5-7-11)12-8-2-3-9-13/h10-13H,2-9H2,1H3. The second-order valence-electron chi connectivity index (χ2n) is 4.09. The summed E-state index contributed by atoms with van der Waals surface area (Å²) in [5, 5.41) is 13.1. The van der Waals surface area contributed by atoms with Crippen LogP contribution in [-0.2, 0) is 0 Å². The molecule has 1 saturated carbocycles. The molecule has 0 heterocycles. The van der Waals surface area contributed by atoms with E-state index in [1.54, 1.807) is 0 Å². The van der Waals surface area contributed by atoms with Crippen molar-refractivity contribution in [3.8, 4) is 0 Å². The van der Waals surface area contributed by atoms with Gasteiger partial charge in [0.1, 0.15) is 0 Å². The van der Waals surface area contributed by atoms with E-state index >= 15 is 0 Å². The highest BCUT2D eigenvalue weighted by Gasteiger charge is 2.19. The molecule has 0 saturated heterocycles. The monoisotopic (exact) mass is 217 g/mol. The van der Waals surface area contributed by atoms with Crippen molar-refractivity contribution >= 4 is 11.8 Å². The fourth-order valence-electron chi connectivity index (χ4n) is 2.05. The molecular formula is C11H23NOS. The molecule has 2 nitrogen and oxygen atoms in total. The molecule has 2 N–H and O–H groups in total. The van der Waals surface area contributed by atoms with Crippen LogP contribution in [0.25, 0.3) is 0 Å². The zero-order chi connectivity index (χ0) is 10.2. The van der Waals surface area contributed by atoms with Gasteiger partial charge >= 0.3 is 0 Å². The van der Waals surface area contributed by atoms with Gasteiger partial charge in [-0.15, -0.1) is 0 Å². The van der Waals surface area contributed by atoms with Crippen LogP contribution >= 0.6 is 11.8 Å². The maximum atomic E-state index is 8.64. The van der Waals surface area contributed by atoms with E-state index in [4.69, 9.17) is 5.11 Å². The van der Waals surface area contributed by atoms with E-state index in [0.717, 1.165) is 30.7 Å². The number of aliphatic hydroxyl groups is 1. The van der Waals surface area contributed by atoms with Crippen LogP contribution in [0.5, 0.6) is 0 Å². The van der Waals surface area contributed by atoms with Gasteiger partial charge in [0, 0.05) is 17.9 Å². The fourth-order valence-corrected chi connectivity index (χ4v) is 2.79. The lowest BCUT2D eigenvalue weighted by Gasteiger charge is -2.28. The maximum Gasteiger partial charge on any atom is 0.0431 e. The number of rotatable bonds is 6. The molecule has 1 aliphatic rings. The highest BCUT2D eigenvalue weighted by Crippen LogP contribution is 2.26. The van der Waals surface area contributed by atoms with Crippen LogP contribution in [0, 0.1) is 0 Å². The molecule has 3 heteroatoms. The van der Waals surface area contributed by atoms with Crippen molar-refractivity contribution in [3.05, 3.63) is 0 Å². The Morgan fingerprint density at radius 2 is 1.93 bits per heavy atom. The van der Waals surface area contributed by atoms with Crippen molar-refractivity contribution < 1.29 is 5.11 Å².